The molecule has 0 amide bonds. The van der Waals surface area contributed by atoms with Crippen molar-refractivity contribution >= 4 is 11.2 Å². The number of nitrogens with zero attached hydrogens (tertiary/aromatic N) is 3. The fourth-order valence-corrected chi connectivity index (χ4v) is 2.55. The number of H-pyrrole nitrogens is 1. The summed E-state index contributed by atoms with van der Waals surface area (Å²) in [5, 5.41) is 0. The van der Waals surface area contributed by atoms with Crippen LogP contribution in [0.25, 0.3) is 11.2 Å². The van der Waals surface area contributed by atoms with Crippen LogP contribution >= 0.6 is 0 Å². The molecule has 0 spiro atoms. The van der Waals surface area contributed by atoms with Gasteiger partial charge in [0.2, 0.25) is 0 Å². The van der Waals surface area contributed by atoms with Gasteiger partial charge in [-0.15, -0.1) is 0 Å². The topological polar surface area (TPSA) is 72.7 Å². The van der Waals surface area contributed by atoms with Crippen molar-refractivity contribution in [2.45, 2.75) is 38.8 Å². The Hall–Kier alpha value is -1.85. The quantitative estimate of drug-likeness (QED) is 0.879. The van der Waals surface area contributed by atoms with E-state index in [1.165, 1.54) is 23.7 Å². The summed E-state index contributed by atoms with van der Waals surface area (Å²) in [6.07, 6.45) is 6.07. The van der Waals surface area contributed by atoms with Crippen molar-refractivity contribution in [1.29, 1.82) is 0 Å². The number of fused-ring (bicyclic) bond motifs is 1. The molecule has 2 heterocycles. The van der Waals surface area contributed by atoms with Crippen LogP contribution in [0.3, 0.4) is 0 Å². The lowest BCUT2D eigenvalue weighted by molar-refractivity contribution is 0.520. The fourth-order valence-electron chi connectivity index (χ4n) is 2.55. The Balaban J connectivity index is 1.93. The van der Waals surface area contributed by atoms with Crippen LogP contribution in [0.15, 0.2) is 15.9 Å². The highest BCUT2D eigenvalue weighted by molar-refractivity contribution is 5.68. The number of aromatic amines is 1. The molecule has 0 aromatic carbocycles. The van der Waals surface area contributed by atoms with Gasteiger partial charge >= 0.3 is 5.69 Å². The molecule has 0 saturated heterocycles. The Labute approximate surface area is 109 Å². The summed E-state index contributed by atoms with van der Waals surface area (Å²) in [6.45, 7) is 1.24. The molecule has 0 unspecified atom stereocenters. The van der Waals surface area contributed by atoms with Gasteiger partial charge in [0.05, 0.1) is 6.33 Å². The molecule has 2 saturated carbocycles. The standard InChI is InChI=1S/C13H16N4O2/c18-12-10-11(15-7-14-10)16(5-8-1-2-8)13(19)17(12)6-9-3-4-9/h7-9H,1-6H2,(H,14,15). The van der Waals surface area contributed by atoms with Crippen LogP contribution < -0.4 is 11.2 Å². The van der Waals surface area contributed by atoms with Crippen LogP contribution in [0.1, 0.15) is 25.7 Å². The first-order valence-corrected chi connectivity index (χ1v) is 6.91. The number of rotatable bonds is 4. The highest BCUT2D eigenvalue weighted by atomic mass is 16.2. The van der Waals surface area contributed by atoms with Gasteiger partial charge in [0.25, 0.3) is 5.56 Å². The van der Waals surface area contributed by atoms with Gasteiger partial charge in [0.15, 0.2) is 5.65 Å². The molecular formula is C13H16N4O2. The van der Waals surface area contributed by atoms with E-state index in [1.54, 1.807) is 4.57 Å². The van der Waals surface area contributed by atoms with Gasteiger partial charge in [-0.3, -0.25) is 13.9 Å². The lowest BCUT2D eigenvalue weighted by Crippen LogP contribution is -2.41. The van der Waals surface area contributed by atoms with E-state index in [0.29, 0.717) is 36.1 Å². The Bertz CT molecular complexity index is 746. The first-order valence-electron chi connectivity index (χ1n) is 6.91. The van der Waals surface area contributed by atoms with E-state index in [4.69, 9.17) is 0 Å². The van der Waals surface area contributed by atoms with Crippen molar-refractivity contribution in [3.63, 3.8) is 0 Å². The van der Waals surface area contributed by atoms with Crippen LogP contribution in [-0.2, 0) is 13.1 Å². The van der Waals surface area contributed by atoms with E-state index in [0.717, 1.165) is 12.8 Å². The third kappa shape index (κ3) is 1.82. The maximum absolute atomic E-state index is 12.5. The predicted molar refractivity (Wildman–Crippen MR) is 70.1 cm³/mol. The van der Waals surface area contributed by atoms with E-state index in [2.05, 4.69) is 9.97 Å². The molecule has 2 aromatic rings. The van der Waals surface area contributed by atoms with Crippen molar-refractivity contribution in [2.75, 3.05) is 0 Å². The molecule has 0 atom stereocenters. The first kappa shape index (κ1) is 11.0. The number of imidazole rings is 1. The van der Waals surface area contributed by atoms with Gasteiger partial charge < -0.3 is 4.98 Å². The molecule has 2 aromatic heterocycles. The lowest BCUT2D eigenvalue weighted by Gasteiger charge is -2.10. The summed E-state index contributed by atoms with van der Waals surface area (Å²) in [7, 11) is 0. The Morgan fingerprint density at radius 3 is 2.37 bits per heavy atom. The molecule has 1 N–H and O–H groups in total. The third-order valence-corrected chi connectivity index (χ3v) is 4.07. The summed E-state index contributed by atoms with van der Waals surface area (Å²) in [5.41, 5.74) is 0.551. The third-order valence-electron chi connectivity index (χ3n) is 4.07. The molecule has 100 valence electrons. The largest absolute Gasteiger partial charge is 0.339 e. The van der Waals surface area contributed by atoms with Gasteiger partial charge in [-0.05, 0) is 37.5 Å². The van der Waals surface area contributed by atoms with Crippen LogP contribution in [0.2, 0.25) is 0 Å². The average molecular weight is 260 g/mol. The molecule has 6 nitrogen and oxygen atoms in total. The van der Waals surface area contributed by atoms with Crippen molar-refractivity contribution < 1.29 is 0 Å². The normalized spacial score (nSPS) is 19.2. The molecule has 2 aliphatic rings. The number of aromatic nitrogens is 4. The monoisotopic (exact) mass is 260 g/mol. The highest BCUT2D eigenvalue weighted by Gasteiger charge is 2.27. The fraction of sp³-hybridized carbons (Fsp3) is 0.615. The maximum atomic E-state index is 12.5. The Kier molecular flexibility index (Phi) is 2.22. The van der Waals surface area contributed by atoms with Crippen molar-refractivity contribution in [1.82, 2.24) is 19.1 Å². The van der Waals surface area contributed by atoms with E-state index in [1.807, 2.05) is 0 Å². The minimum Gasteiger partial charge on any atom is -0.339 e. The lowest BCUT2D eigenvalue weighted by atomic mass is 10.3. The summed E-state index contributed by atoms with van der Waals surface area (Å²) in [6, 6.07) is 0. The first-order chi connectivity index (χ1) is 9.24. The summed E-state index contributed by atoms with van der Waals surface area (Å²) in [5.74, 6) is 1.07. The van der Waals surface area contributed by atoms with Crippen molar-refractivity contribution in [2.24, 2.45) is 11.8 Å². The van der Waals surface area contributed by atoms with Crippen LogP contribution in [0, 0.1) is 11.8 Å². The Morgan fingerprint density at radius 2 is 1.74 bits per heavy atom. The van der Waals surface area contributed by atoms with E-state index >= 15 is 0 Å². The number of hydrogen-bond acceptors (Lipinski definition) is 3. The zero-order valence-electron chi connectivity index (χ0n) is 10.6. The highest BCUT2D eigenvalue weighted by Crippen LogP contribution is 2.31. The zero-order chi connectivity index (χ0) is 13.0. The number of nitrogens with one attached hydrogen (secondary N) is 1. The zero-order valence-corrected chi connectivity index (χ0v) is 10.6. The van der Waals surface area contributed by atoms with Gasteiger partial charge in [-0.25, -0.2) is 9.78 Å². The Morgan fingerprint density at radius 1 is 1.11 bits per heavy atom. The summed E-state index contributed by atoms with van der Waals surface area (Å²) in [4.78, 5) is 31.8. The SMILES string of the molecule is O=c1c2[nH]cnc2n(CC2CC2)c(=O)n1CC1CC1. The number of hydrogen-bond donors (Lipinski definition) is 1. The molecule has 0 bridgehead atoms. The summed E-state index contributed by atoms with van der Waals surface area (Å²) < 4.78 is 3.06. The van der Waals surface area contributed by atoms with Gasteiger partial charge in [-0.1, -0.05) is 0 Å². The van der Waals surface area contributed by atoms with E-state index < -0.39 is 0 Å². The van der Waals surface area contributed by atoms with Crippen molar-refractivity contribution in [3.8, 4) is 0 Å². The second-order valence-corrected chi connectivity index (χ2v) is 5.80. The molecule has 0 radical (unpaired) electrons. The van der Waals surface area contributed by atoms with Gasteiger partial charge in [0.1, 0.15) is 5.52 Å². The van der Waals surface area contributed by atoms with E-state index in [-0.39, 0.29) is 11.2 Å². The maximum Gasteiger partial charge on any atom is 0.332 e. The second-order valence-electron chi connectivity index (χ2n) is 5.80. The molecule has 19 heavy (non-hydrogen) atoms. The molecule has 6 heteroatoms. The molecule has 2 aliphatic carbocycles. The molecule has 0 aliphatic heterocycles. The van der Waals surface area contributed by atoms with E-state index in [9.17, 15) is 9.59 Å². The van der Waals surface area contributed by atoms with Crippen LogP contribution in [-0.4, -0.2) is 19.1 Å². The van der Waals surface area contributed by atoms with Gasteiger partial charge in [0, 0.05) is 13.1 Å². The summed E-state index contributed by atoms with van der Waals surface area (Å²) >= 11 is 0. The van der Waals surface area contributed by atoms with Crippen molar-refractivity contribution in [3.05, 3.63) is 27.2 Å². The average Bonchev–Trinajstić information content (AvgIpc) is 3.31. The molecule has 2 fully saturated rings. The molecule has 4 rings (SSSR count). The predicted octanol–water partition coefficient (Wildman–Crippen LogP) is 0.706. The minimum absolute atomic E-state index is 0.191. The molecular weight excluding hydrogens is 244 g/mol. The smallest absolute Gasteiger partial charge is 0.332 e. The van der Waals surface area contributed by atoms with Crippen LogP contribution in [0.4, 0.5) is 0 Å². The van der Waals surface area contributed by atoms with Gasteiger partial charge in [-0.2, -0.15) is 0 Å². The minimum atomic E-state index is -0.226. The van der Waals surface area contributed by atoms with Crippen LogP contribution in [0.5, 0.6) is 0 Å². The second kappa shape index (κ2) is 3.82.